The molecule has 1 aromatic carbocycles. The predicted molar refractivity (Wildman–Crippen MR) is 106 cm³/mol. The zero-order valence-corrected chi connectivity index (χ0v) is 16.2. The van der Waals surface area contributed by atoms with Crippen molar-refractivity contribution in [3.8, 4) is 11.8 Å². The molecular formula is C20H14N6O3S. The van der Waals surface area contributed by atoms with E-state index in [2.05, 4.69) is 20.8 Å². The summed E-state index contributed by atoms with van der Waals surface area (Å²) in [6.07, 6.45) is 2.89. The van der Waals surface area contributed by atoms with Crippen LogP contribution in [0.2, 0.25) is 0 Å². The number of benzene rings is 1. The molecular weight excluding hydrogens is 404 g/mol. The highest BCUT2D eigenvalue weighted by molar-refractivity contribution is 7.99. The summed E-state index contributed by atoms with van der Waals surface area (Å²) in [5.74, 6) is 0.432. The summed E-state index contributed by atoms with van der Waals surface area (Å²) < 4.78 is 12.5. The second kappa shape index (κ2) is 8.93. The fraction of sp³-hybridized carbons (Fsp3) is 0.0500. The highest BCUT2D eigenvalue weighted by Crippen LogP contribution is 2.29. The molecule has 10 heteroatoms. The number of aromatic nitrogens is 4. The average molecular weight is 418 g/mol. The number of nitriles is 1. The molecule has 0 fully saturated rings. The summed E-state index contributed by atoms with van der Waals surface area (Å²) in [5.41, 5.74) is 0.734. The van der Waals surface area contributed by atoms with Gasteiger partial charge in [0.1, 0.15) is 23.2 Å². The van der Waals surface area contributed by atoms with Crippen molar-refractivity contribution < 1.29 is 13.6 Å². The van der Waals surface area contributed by atoms with Crippen LogP contribution in [0, 0.1) is 11.3 Å². The third-order valence-electron chi connectivity index (χ3n) is 3.89. The lowest BCUT2D eigenvalue weighted by atomic mass is 10.2. The molecule has 0 saturated heterocycles. The van der Waals surface area contributed by atoms with Gasteiger partial charge in [-0.3, -0.25) is 4.79 Å². The third-order valence-corrected chi connectivity index (χ3v) is 4.75. The Labute approximate surface area is 175 Å². The van der Waals surface area contributed by atoms with Gasteiger partial charge in [-0.1, -0.05) is 18.2 Å². The maximum atomic E-state index is 12.2. The molecule has 0 aliphatic rings. The van der Waals surface area contributed by atoms with Crippen LogP contribution in [-0.2, 0) is 11.3 Å². The van der Waals surface area contributed by atoms with Crippen LogP contribution in [0.4, 0.5) is 0 Å². The normalized spacial score (nSPS) is 11.2. The van der Waals surface area contributed by atoms with E-state index >= 15 is 0 Å². The van der Waals surface area contributed by atoms with Gasteiger partial charge in [0.25, 0.3) is 5.91 Å². The molecule has 3 aromatic heterocycles. The second-order valence-electron chi connectivity index (χ2n) is 5.90. The maximum Gasteiger partial charge on any atom is 0.262 e. The van der Waals surface area contributed by atoms with Crippen molar-refractivity contribution in [3.63, 3.8) is 0 Å². The quantitative estimate of drug-likeness (QED) is 0.358. The zero-order valence-electron chi connectivity index (χ0n) is 15.4. The van der Waals surface area contributed by atoms with Crippen LogP contribution < -0.4 is 5.32 Å². The van der Waals surface area contributed by atoms with Gasteiger partial charge in [0.15, 0.2) is 5.09 Å². The van der Waals surface area contributed by atoms with E-state index in [4.69, 9.17) is 8.83 Å². The van der Waals surface area contributed by atoms with Crippen molar-refractivity contribution in [2.45, 2.75) is 16.8 Å². The minimum absolute atomic E-state index is 0.0819. The number of nitrogens with zero attached hydrogens (tertiary/aromatic N) is 5. The van der Waals surface area contributed by atoms with Gasteiger partial charge >= 0.3 is 0 Å². The van der Waals surface area contributed by atoms with Gasteiger partial charge in [-0.25, -0.2) is 0 Å². The standard InChI is InChI=1S/C20H14N6O3S/c21-12-14(19(27)22-13-17-7-4-10-28-17)11-16-8-9-18(29-16)30-20-23-24-25-26(20)15-5-2-1-3-6-15/h1-11H,13H2,(H,22,27)/b14-11+. The molecule has 0 atom stereocenters. The zero-order chi connectivity index (χ0) is 20.8. The van der Waals surface area contributed by atoms with Gasteiger partial charge in [-0.05, 0) is 58.6 Å². The number of para-hydroxylation sites is 1. The molecule has 4 aromatic rings. The van der Waals surface area contributed by atoms with E-state index in [1.54, 1.807) is 28.9 Å². The van der Waals surface area contributed by atoms with Gasteiger partial charge < -0.3 is 14.2 Å². The Kier molecular flexibility index (Phi) is 5.73. The van der Waals surface area contributed by atoms with E-state index in [9.17, 15) is 10.1 Å². The van der Waals surface area contributed by atoms with Crippen LogP contribution in [-0.4, -0.2) is 26.1 Å². The number of carbonyl (C=O) groups excluding carboxylic acids is 1. The van der Waals surface area contributed by atoms with Crippen molar-refractivity contribution in [2.24, 2.45) is 0 Å². The van der Waals surface area contributed by atoms with Crippen molar-refractivity contribution in [1.82, 2.24) is 25.5 Å². The first-order chi connectivity index (χ1) is 14.7. The second-order valence-corrected chi connectivity index (χ2v) is 6.87. The third kappa shape index (κ3) is 4.48. The molecule has 0 aliphatic heterocycles. The minimum Gasteiger partial charge on any atom is -0.467 e. The first-order valence-electron chi connectivity index (χ1n) is 8.77. The van der Waals surface area contributed by atoms with Gasteiger partial charge in [-0.2, -0.15) is 9.94 Å². The van der Waals surface area contributed by atoms with Crippen molar-refractivity contribution >= 4 is 23.7 Å². The molecule has 1 amide bonds. The molecule has 0 saturated carbocycles. The van der Waals surface area contributed by atoms with E-state index < -0.39 is 5.91 Å². The monoisotopic (exact) mass is 418 g/mol. The van der Waals surface area contributed by atoms with Crippen LogP contribution in [0.3, 0.4) is 0 Å². The van der Waals surface area contributed by atoms with Crippen LogP contribution in [0.1, 0.15) is 11.5 Å². The summed E-state index contributed by atoms with van der Waals surface area (Å²) in [4.78, 5) is 12.2. The molecule has 4 rings (SSSR count). The van der Waals surface area contributed by atoms with Crippen molar-refractivity contribution in [2.75, 3.05) is 0 Å². The Morgan fingerprint density at radius 1 is 1.20 bits per heavy atom. The minimum atomic E-state index is -0.521. The number of furan rings is 2. The lowest BCUT2D eigenvalue weighted by Gasteiger charge is -2.02. The van der Waals surface area contributed by atoms with Crippen LogP contribution in [0.5, 0.6) is 0 Å². The first-order valence-corrected chi connectivity index (χ1v) is 9.58. The Bertz CT molecular complexity index is 1200. The first kappa shape index (κ1) is 19.2. The number of nitrogens with one attached hydrogen (secondary N) is 1. The molecule has 9 nitrogen and oxygen atoms in total. The summed E-state index contributed by atoms with van der Waals surface area (Å²) in [6, 6.07) is 18.2. The fourth-order valence-electron chi connectivity index (χ4n) is 2.50. The van der Waals surface area contributed by atoms with E-state index in [1.807, 2.05) is 36.4 Å². The fourth-order valence-corrected chi connectivity index (χ4v) is 3.26. The molecule has 0 bridgehead atoms. The number of tetrazole rings is 1. The van der Waals surface area contributed by atoms with Crippen LogP contribution >= 0.6 is 11.8 Å². The van der Waals surface area contributed by atoms with E-state index in [0.717, 1.165) is 5.69 Å². The Morgan fingerprint density at radius 3 is 2.83 bits per heavy atom. The highest BCUT2D eigenvalue weighted by Gasteiger charge is 2.14. The molecule has 0 spiro atoms. The summed E-state index contributed by atoms with van der Waals surface area (Å²) in [5, 5.41) is 24.7. The molecule has 0 aliphatic carbocycles. The summed E-state index contributed by atoms with van der Waals surface area (Å²) in [7, 11) is 0. The lowest BCUT2D eigenvalue weighted by Crippen LogP contribution is -2.23. The number of hydrogen-bond acceptors (Lipinski definition) is 8. The molecule has 0 radical (unpaired) electrons. The number of carbonyl (C=O) groups is 1. The average Bonchev–Trinajstić information content (AvgIpc) is 3.54. The van der Waals surface area contributed by atoms with Crippen LogP contribution in [0.15, 0.2) is 85.5 Å². The van der Waals surface area contributed by atoms with Crippen molar-refractivity contribution in [1.29, 1.82) is 5.26 Å². The van der Waals surface area contributed by atoms with Gasteiger partial charge in [-0.15, -0.1) is 5.10 Å². The van der Waals surface area contributed by atoms with Gasteiger partial charge in [0.05, 0.1) is 18.5 Å². The summed E-state index contributed by atoms with van der Waals surface area (Å²) in [6.45, 7) is 0.187. The molecule has 1 N–H and O–H groups in total. The Hall–Kier alpha value is -4.10. The molecule has 30 heavy (non-hydrogen) atoms. The van der Waals surface area contributed by atoms with E-state index in [-0.39, 0.29) is 12.1 Å². The molecule has 3 heterocycles. The number of rotatable bonds is 7. The van der Waals surface area contributed by atoms with E-state index in [1.165, 1.54) is 24.1 Å². The van der Waals surface area contributed by atoms with Crippen LogP contribution in [0.25, 0.3) is 11.8 Å². The number of hydrogen-bond donors (Lipinski definition) is 1. The predicted octanol–water partition coefficient (Wildman–Crippen LogP) is 3.22. The Balaban J connectivity index is 1.45. The van der Waals surface area contributed by atoms with Gasteiger partial charge in [0.2, 0.25) is 5.16 Å². The highest BCUT2D eigenvalue weighted by atomic mass is 32.2. The smallest absolute Gasteiger partial charge is 0.262 e. The van der Waals surface area contributed by atoms with E-state index in [0.29, 0.717) is 21.8 Å². The van der Waals surface area contributed by atoms with Gasteiger partial charge in [0, 0.05) is 6.08 Å². The molecule has 148 valence electrons. The Morgan fingerprint density at radius 2 is 2.07 bits per heavy atom. The largest absolute Gasteiger partial charge is 0.467 e. The SMILES string of the molecule is N#C/C(=C\c1ccc(Sc2nnnn2-c2ccccc2)o1)C(=O)NCc1ccco1. The lowest BCUT2D eigenvalue weighted by molar-refractivity contribution is -0.117. The summed E-state index contributed by atoms with van der Waals surface area (Å²) >= 11 is 1.22. The van der Waals surface area contributed by atoms with Crippen molar-refractivity contribution in [3.05, 3.63) is 78.0 Å². The number of amides is 1. The molecule has 0 unspecified atom stereocenters. The maximum absolute atomic E-state index is 12.2. The topological polar surface area (TPSA) is 123 Å².